The fraction of sp³-hybridized carbons (Fsp3) is 0.474. The number of nitrogens with one attached hydrogen (secondary N) is 1. The lowest BCUT2D eigenvalue weighted by molar-refractivity contribution is -0.117. The van der Waals surface area contributed by atoms with Crippen LogP contribution < -0.4 is 15.8 Å². The van der Waals surface area contributed by atoms with Gasteiger partial charge in [-0.25, -0.2) is 4.79 Å². The van der Waals surface area contributed by atoms with Gasteiger partial charge in [-0.15, -0.1) is 10.2 Å². The Labute approximate surface area is 168 Å². The van der Waals surface area contributed by atoms with Gasteiger partial charge in [0.1, 0.15) is 5.75 Å². The van der Waals surface area contributed by atoms with Gasteiger partial charge in [-0.1, -0.05) is 31.5 Å². The van der Waals surface area contributed by atoms with Crippen molar-refractivity contribution in [2.45, 2.75) is 43.8 Å². The first-order valence-electron chi connectivity index (χ1n) is 9.31. The topological polar surface area (TPSA) is 112 Å². The molecule has 3 rings (SSSR count). The molecule has 1 aliphatic carbocycles. The van der Waals surface area contributed by atoms with Crippen LogP contribution >= 0.6 is 11.8 Å². The second-order valence-electron chi connectivity index (χ2n) is 6.93. The number of amides is 3. The van der Waals surface area contributed by atoms with E-state index in [1.165, 1.54) is 18.2 Å². The number of thioether (sulfide) groups is 1. The predicted molar refractivity (Wildman–Crippen MR) is 107 cm³/mol. The van der Waals surface area contributed by atoms with Gasteiger partial charge in [-0.05, 0) is 43.0 Å². The van der Waals surface area contributed by atoms with Gasteiger partial charge in [0.05, 0.1) is 12.9 Å². The molecule has 8 nitrogen and oxygen atoms in total. The largest absolute Gasteiger partial charge is 0.497 e. The zero-order chi connectivity index (χ0) is 20.1. The van der Waals surface area contributed by atoms with Crippen LogP contribution in [0.4, 0.5) is 4.79 Å². The van der Waals surface area contributed by atoms with E-state index < -0.39 is 11.9 Å². The molecule has 2 aromatic rings. The lowest BCUT2D eigenvalue weighted by Crippen LogP contribution is -2.36. The van der Waals surface area contributed by atoms with Crippen molar-refractivity contribution < 1.29 is 14.3 Å². The fourth-order valence-corrected chi connectivity index (χ4v) is 4.39. The summed E-state index contributed by atoms with van der Waals surface area (Å²) in [4.78, 5) is 22.7. The Morgan fingerprint density at radius 1 is 1.25 bits per heavy atom. The highest BCUT2D eigenvalue weighted by Crippen LogP contribution is 2.39. The number of primary amides is 1. The van der Waals surface area contributed by atoms with Gasteiger partial charge in [0.15, 0.2) is 11.0 Å². The molecular weight excluding hydrogens is 378 g/mol. The molecule has 1 aromatic heterocycles. The number of urea groups is 1. The Morgan fingerprint density at radius 2 is 1.96 bits per heavy atom. The van der Waals surface area contributed by atoms with Crippen LogP contribution in [-0.4, -0.2) is 39.6 Å². The summed E-state index contributed by atoms with van der Waals surface area (Å²) in [6.45, 7) is 2.25. The molecule has 9 heteroatoms. The van der Waals surface area contributed by atoms with Crippen LogP contribution in [0.2, 0.25) is 0 Å². The molecule has 150 valence electrons. The SMILES string of the molecule is COc1ccc(-c2nnc(SCC(=O)NC(N)=O)n2[C@@H]2CCCC[C@@H]2C)cc1. The van der Waals surface area contributed by atoms with Crippen molar-refractivity contribution in [1.29, 1.82) is 0 Å². The smallest absolute Gasteiger partial charge is 0.318 e. The van der Waals surface area contributed by atoms with Crippen LogP contribution in [0.5, 0.6) is 5.75 Å². The number of hydrogen-bond acceptors (Lipinski definition) is 6. The Balaban J connectivity index is 1.91. The summed E-state index contributed by atoms with van der Waals surface area (Å²) in [5.74, 6) is 1.64. The van der Waals surface area contributed by atoms with E-state index in [1.807, 2.05) is 24.3 Å². The number of imide groups is 1. The van der Waals surface area contributed by atoms with Crippen LogP contribution in [0.1, 0.15) is 38.6 Å². The normalized spacial score (nSPS) is 19.2. The molecule has 1 saturated carbocycles. The summed E-state index contributed by atoms with van der Waals surface area (Å²) in [5.41, 5.74) is 5.95. The van der Waals surface area contributed by atoms with E-state index in [2.05, 4.69) is 27.0 Å². The fourth-order valence-electron chi connectivity index (χ4n) is 3.60. The summed E-state index contributed by atoms with van der Waals surface area (Å²) in [6.07, 6.45) is 4.57. The average molecular weight is 404 g/mol. The third-order valence-corrected chi connectivity index (χ3v) is 5.95. The first-order valence-corrected chi connectivity index (χ1v) is 10.3. The van der Waals surface area contributed by atoms with Crippen LogP contribution in [0.25, 0.3) is 11.4 Å². The molecule has 28 heavy (non-hydrogen) atoms. The summed E-state index contributed by atoms with van der Waals surface area (Å²) >= 11 is 1.26. The number of rotatable bonds is 6. The van der Waals surface area contributed by atoms with E-state index in [1.54, 1.807) is 7.11 Å². The quantitative estimate of drug-likeness (QED) is 0.717. The minimum absolute atomic E-state index is 0.0464. The highest BCUT2D eigenvalue weighted by Gasteiger charge is 2.29. The maximum Gasteiger partial charge on any atom is 0.318 e. The monoisotopic (exact) mass is 403 g/mol. The predicted octanol–water partition coefficient (Wildman–Crippen LogP) is 2.99. The van der Waals surface area contributed by atoms with Crippen molar-refractivity contribution in [3.8, 4) is 17.1 Å². The number of benzene rings is 1. The molecule has 0 spiro atoms. The van der Waals surface area contributed by atoms with Crippen molar-refractivity contribution in [2.24, 2.45) is 11.7 Å². The van der Waals surface area contributed by atoms with E-state index >= 15 is 0 Å². The third-order valence-electron chi connectivity index (χ3n) is 5.01. The van der Waals surface area contributed by atoms with Crippen LogP contribution in [-0.2, 0) is 4.79 Å². The number of carbonyl (C=O) groups is 2. The maximum atomic E-state index is 11.8. The molecule has 1 aliphatic rings. The summed E-state index contributed by atoms with van der Waals surface area (Å²) in [5, 5.41) is 11.5. The minimum atomic E-state index is -0.855. The number of ether oxygens (including phenoxy) is 1. The second-order valence-corrected chi connectivity index (χ2v) is 7.88. The number of nitrogens with two attached hydrogens (primary N) is 1. The summed E-state index contributed by atoms with van der Waals surface area (Å²) < 4.78 is 7.39. The van der Waals surface area contributed by atoms with Crippen LogP contribution in [0.3, 0.4) is 0 Å². The summed E-state index contributed by atoms with van der Waals surface area (Å²) in [7, 11) is 1.63. The van der Waals surface area contributed by atoms with Gasteiger partial charge in [0, 0.05) is 11.6 Å². The standard InChI is InChI=1S/C19H25N5O3S/c1-12-5-3-4-6-15(12)24-17(13-7-9-14(27-2)10-8-13)22-23-19(24)28-11-16(25)21-18(20)26/h7-10,12,15H,3-6,11H2,1-2H3,(H3,20,21,25,26)/t12-,15+/m0/s1. The Bertz CT molecular complexity index is 837. The second kappa shape index (κ2) is 9.09. The first kappa shape index (κ1) is 20.2. The average Bonchev–Trinajstić information content (AvgIpc) is 3.10. The van der Waals surface area contributed by atoms with E-state index in [-0.39, 0.29) is 11.8 Å². The maximum absolute atomic E-state index is 11.8. The molecule has 0 bridgehead atoms. The highest BCUT2D eigenvalue weighted by molar-refractivity contribution is 7.99. The number of hydrogen-bond donors (Lipinski definition) is 2. The molecule has 0 aliphatic heterocycles. The molecular formula is C19H25N5O3S. The molecule has 0 radical (unpaired) electrons. The van der Waals surface area contributed by atoms with Crippen molar-refractivity contribution in [3.05, 3.63) is 24.3 Å². The molecule has 0 unspecified atom stereocenters. The van der Waals surface area contributed by atoms with Gasteiger partial charge in [-0.2, -0.15) is 0 Å². The van der Waals surface area contributed by atoms with Gasteiger partial charge in [0.2, 0.25) is 5.91 Å². The van der Waals surface area contributed by atoms with Crippen molar-refractivity contribution >= 4 is 23.7 Å². The molecule has 1 aromatic carbocycles. The zero-order valence-corrected chi connectivity index (χ0v) is 16.9. The van der Waals surface area contributed by atoms with Gasteiger partial charge < -0.3 is 10.5 Å². The van der Waals surface area contributed by atoms with E-state index in [0.29, 0.717) is 11.1 Å². The lowest BCUT2D eigenvalue weighted by atomic mass is 9.85. The highest BCUT2D eigenvalue weighted by atomic mass is 32.2. The number of carbonyl (C=O) groups excluding carboxylic acids is 2. The van der Waals surface area contributed by atoms with E-state index in [4.69, 9.17) is 10.5 Å². The minimum Gasteiger partial charge on any atom is -0.497 e. The number of aromatic nitrogens is 3. The van der Waals surface area contributed by atoms with Gasteiger partial charge >= 0.3 is 6.03 Å². The van der Waals surface area contributed by atoms with E-state index in [0.717, 1.165) is 36.4 Å². The van der Waals surface area contributed by atoms with E-state index in [9.17, 15) is 9.59 Å². The molecule has 1 heterocycles. The number of methoxy groups -OCH3 is 1. The molecule has 3 N–H and O–H groups in total. The van der Waals surface area contributed by atoms with Gasteiger partial charge in [-0.3, -0.25) is 14.7 Å². The van der Waals surface area contributed by atoms with Crippen molar-refractivity contribution in [2.75, 3.05) is 12.9 Å². The van der Waals surface area contributed by atoms with Crippen molar-refractivity contribution in [3.63, 3.8) is 0 Å². The third kappa shape index (κ3) is 4.64. The Morgan fingerprint density at radius 3 is 2.61 bits per heavy atom. The van der Waals surface area contributed by atoms with Gasteiger partial charge in [0.25, 0.3) is 0 Å². The lowest BCUT2D eigenvalue weighted by Gasteiger charge is -2.31. The Kier molecular flexibility index (Phi) is 6.56. The molecule has 0 saturated heterocycles. The van der Waals surface area contributed by atoms with Crippen LogP contribution in [0, 0.1) is 5.92 Å². The summed E-state index contributed by atoms with van der Waals surface area (Å²) in [6, 6.07) is 7.12. The molecule has 2 atom stereocenters. The first-order chi connectivity index (χ1) is 13.5. The zero-order valence-electron chi connectivity index (χ0n) is 16.1. The number of nitrogens with zero attached hydrogens (tertiary/aromatic N) is 3. The molecule has 1 fully saturated rings. The van der Waals surface area contributed by atoms with Crippen molar-refractivity contribution in [1.82, 2.24) is 20.1 Å². The Hall–Kier alpha value is -2.55. The van der Waals surface area contributed by atoms with Crippen LogP contribution in [0.15, 0.2) is 29.4 Å². The molecule has 3 amide bonds.